The van der Waals surface area contributed by atoms with Gasteiger partial charge in [0.05, 0.1) is 19.7 Å². The van der Waals surface area contributed by atoms with Crippen molar-refractivity contribution in [3.8, 4) is 6.01 Å². The summed E-state index contributed by atoms with van der Waals surface area (Å²) in [5.74, 6) is -0.0516. The maximum absolute atomic E-state index is 12.5. The van der Waals surface area contributed by atoms with Gasteiger partial charge in [-0.1, -0.05) is 6.07 Å². The number of aryl methyl sites for hydroxylation is 2. The highest BCUT2D eigenvalue weighted by Crippen LogP contribution is 2.36. The van der Waals surface area contributed by atoms with Crippen molar-refractivity contribution in [2.45, 2.75) is 38.4 Å². The molecule has 7 heteroatoms. The van der Waals surface area contributed by atoms with E-state index in [-0.39, 0.29) is 17.6 Å². The van der Waals surface area contributed by atoms with Crippen LogP contribution in [0.3, 0.4) is 0 Å². The van der Waals surface area contributed by atoms with Crippen LogP contribution in [-0.2, 0) is 4.74 Å². The van der Waals surface area contributed by atoms with E-state index >= 15 is 0 Å². The average molecular weight is 354 g/mol. The van der Waals surface area contributed by atoms with Crippen LogP contribution in [0.2, 0.25) is 0 Å². The minimum Gasteiger partial charge on any atom is -0.460 e. The molecule has 0 radical (unpaired) electrons. The summed E-state index contributed by atoms with van der Waals surface area (Å²) in [4.78, 5) is 27.0. The number of likely N-dealkylation sites (tertiary alicyclic amines) is 1. The molecule has 2 fully saturated rings. The number of hydrogen-bond donors (Lipinski definition) is 0. The van der Waals surface area contributed by atoms with Crippen molar-refractivity contribution in [2.75, 3.05) is 19.7 Å². The Morgan fingerprint density at radius 3 is 2.85 bits per heavy atom. The van der Waals surface area contributed by atoms with Crippen molar-refractivity contribution in [3.63, 3.8) is 0 Å². The summed E-state index contributed by atoms with van der Waals surface area (Å²) in [5.41, 5.74) is 2.06. The molecule has 1 unspecified atom stereocenters. The van der Waals surface area contributed by atoms with Gasteiger partial charge in [0, 0.05) is 30.9 Å². The van der Waals surface area contributed by atoms with Gasteiger partial charge in [0.2, 0.25) is 0 Å². The number of pyridine rings is 1. The van der Waals surface area contributed by atoms with Gasteiger partial charge in [-0.2, -0.15) is 0 Å². The number of nitrogens with zero attached hydrogens (tertiary/aromatic N) is 4. The highest BCUT2D eigenvalue weighted by atomic mass is 16.5. The molecule has 4 rings (SSSR count). The lowest BCUT2D eigenvalue weighted by Gasteiger charge is -2.52. The van der Waals surface area contributed by atoms with Crippen LogP contribution in [0.1, 0.15) is 34.6 Å². The summed E-state index contributed by atoms with van der Waals surface area (Å²) in [6.07, 6.45) is 4.94. The first-order valence-corrected chi connectivity index (χ1v) is 8.85. The van der Waals surface area contributed by atoms with Crippen LogP contribution in [-0.4, -0.2) is 57.2 Å². The van der Waals surface area contributed by atoms with E-state index in [1.807, 2.05) is 26.0 Å². The van der Waals surface area contributed by atoms with Crippen molar-refractivity contribution in [3.05, 3.63) is 47.5 Å². The molecule has 2 aliphatic heterocycles. The molecule has 2 aliphatic rings. The van der Waals surface area contributed by atoms with E-state index in [1.165, 1.54) is 0 Å². The summed E-state index contributed by atoms with van der Waals surface area (Å²) in [5, 5.41) is 0. The molecule has 136 valence electrons. The van der Waals surface area contributed by atoms with E-state index in [0.29, 0.717) is 31.4 Å². The minimum absolute atomic E-state index is 0.000280. The van der Waals surface area contributed by atoms with Crippen molar-refractivity contribution in [1.29, 1.82) is 0 Å². The van der Waals surface area contributed by atoms with Crippen LogP contribution in [0.5, 0.6) is 6.01 Å². The molecule has 4 heterocycles. The van der Waals surface area contributed by atoms with Crippen LogP contribution in [0.15, 0.2) is 30.6 Å². The summed E-state index contributed by atoms with van der Waals surface area (Å²) in [7, 11) is 0. The van der Waals surface area contributed by atoms with Crippen LogP contribution in [0.4, 0.5) is 0 Å². The molecule has 2 aromatic rings. The molecule has 2 saturated heterocycles. The molecule has 2 aromatic heterocycles. The van der Waals surface area contributed by atoms with Gasteiger partial charge in [-0.3, -0.25) is 9.78 Å². The molecular weight excluding hydrogens is 332 g/mol. The van der Waals surface area contributed by atoms with E-state index in [4.69, 9.17) is 9.47 Å². The van der Waals surface area contributed by atoms with Crippen molar-refractivity contribution in [2.24, 2.45) is 0 Å². The molecule has 1 atom stereocenters. The Morgan fingerprint density at radius 2 is 2.12 bits per heavy atom. The smallest absolute Gasteiger partial charge is 0.316 e. The molecule has 26 heavy (non-hydrogen) atoms. The van der Waals surface area contributed by atoms with E-state index < -0.39 is 0 Å². The van der Waals surface area contributed by atoms with Crippen LogP contribution >= 0.6 is 0 Å². The summed E-state index contributed by atoms with van der Waals surface area (Å²) >= 11 is 0. The fourth-order valence-electron chi connectivity index (χ4n) is 3.48. The molecule has 0 bridgehead atoms. The Morgan fingerprint density at radius 1 is 1.27 bits per heavy atom. The topological polar surface area (TPSA) is 77.4 Å². The van der Waals surface area contributed by atoms with Gasteiger partial charge in [-0.05, 0) is 31.5 Å². The third-order valence-corrected chi connectivity index (χ3v) is 4.87. The van der Waals surface area contributed by atoms with Gasteiger partial charge in [-0.15, -0.1) is 0 Å². The maximum atomic E-state index is 12.5. The number of rotatable bonds is 3. The average Bonchev–Trinajstić information content (AvgIpc) is 2.60. The normalized spacial score (nSPS) is 21.3. The maximum Gasteiger partial charge on any atom is 0.316 e. The second kappa shape index (κ2) is 6.64. The van der Waals surface area contributed by atoms with Gasteiger partial charge < -0.3 is 14.4 Å². The van der Waals surface area contributed by atoms with Gasteiger partial charge in [0.25, 0.3) is 5.91 Å². The van der Waals surface area contributed by atoms with Gasteiger partial charge >= 0.3 is 6.01 Å². The van der Waals surface area contributed by atoms with E-state index in [1.54, 1.807) is 23.4 Å². The zero-order chi connectivity index (χ0) is 18.1. The first kappa shape index (κ1) is 16.9. The second-order valence-corrected chi connectivity index (χ2v) is 7.13. The highest BCUT2D eigenvalue weighted by Gasteiger charge is 2.50. The third-order valence-electron chi connectivity index (χ3n) is 4.87. The fraction of sp³-hybridized carbons (Fsp3) is 0.474. The molecule has 1 spiro atoms. The van der Waals surface area contributed by atoms with Crippen molar-refractivity contribution >= 4 is 5.91 Å². The van der Waals surface area contributed by atoms with Gasteiger partial charge in [-0.25, -0.2) is 9.97 Å². The highest BCUT2D eigenvalue weighted by molar-refractivity contribution is 5.93. The predicted molar refractivity (Wildman–Crippen MR) is 94.0 cm³/mol. The van der Waals surface area contributed by atoms with Crippen molar-refractivity contribution in [1.82, 2.24) is 19.9 Å². The SMILES string of the molecule is Cc1ccc(C(=O)N2CC3(CC(Oc4nccc(C)n4)CCO3)C2)nc1. The van der Waals surface area contributed by atoms with Crippen LogP contribution < -0.4 is 4.74 Å². The van der Waals surface area contributed by atoms with Crippen LogP contribution in [0, 0.1) is 13.8 Å². The lowest BCUT2D eigenvalue weighted by Crippen LogP contribution is -2.67. The van der Waals surface area contributed by atoms with E-state index in [9.17, 15) is 4.79 Å². The number of ether oxygens (including phenoxy) is 2. The van der Waals surface area contributed by atoms with Gasteiger partial charge in [0.1, 0.15) is 17.4 Å². The quantitative estimate of drug-likeness (QED) is 0.838. The number of amides is 1. The molecule has 0 saturated carbocycles. The zero-order valence-corrected chi connectivity index (χ0v) is 15.0. The number of hydrogen-bond acceptors (Lipinski definition) is 6. The first-order chi connectivity index (χ1) is 12.5. The summed E-state index contributed by atoms with van der Waals surface area (Å²) in [6.45, 7) is 5.61. The van der Waals surface area contributed by atoms with Crippen molar-refractivity contribution < 1.29 is 14.3 Å². The Balaban J connectivity index is 1.36. The number of aromatic nitrogens is 3. The molecule has 1 amide bonds. The van der Waals surface area contributed by atoms with E-state index in [0.717, 1.165) is 24.1 Å². The largest absolute Gasteiger partial charge is 0.460 e. The number of carbonyl (C=O) groups excluding carboxylic acids is 1. The van der Waals surface area contributed by atoms with Gasteiger partial charge in [0.15, 0.2) is 0 Å². The Kier molecular flexibility index (Phi) is 4.32. The lowest BCUT2D eigenvalue weighted by molar-refractivity contribution is -0.174. The second-order valence-electron chi connectivity index (χ2n) is 7.13. The fourth-order valence-corrected chi connectivity index (χ4v) is 3.48. The Hall–Kier alpha value is -2.54. The number of carbonyl (C=O) groups is 1. The Labute approximate surface area is 152 Å². The monoisotopic (exact) mass is 354 g/mol. The summed E-state index contributed by atoms with van der Waals surface area (Å²) in [6, 6.07) is 5.92. The predicted octanol–water partition coefficient (Wildman–Crippen LogP) is 1.94. The minimum atomic E-state index is -0.326. The standard InChI is InChI=1S/C19H22N4O3/c1-13-3-4-16(21-10-13)17(24)23-11-19(12-23)9-15(6-8-25-19)26-18-20-7-5-14(2)22-18/h3-5,7,10,15H,6,8-9,11-12H2,1-2H3. The lowest BCUT2D eigenvalue weighted by atomic mass is 9.84. The van der Waals surface area contributed by atoms with Crippen LogP contribution in [0.25, 0.3) is 0 Å². The molecule has 0 aromatic carbocycles. The zero-order valence-electron chi connectivity index (χ0n) is 15.0. The molecule has 7 nitrogen and oxygen atoms in total. The molecule has 0 aliphatic carbocycles. The first-order valence-electron chi connectivity index (χ1n) is 8.85. The molecule has 0 N–H and O–H groups in total. The Bertz CT molecular complexity index is 803. The third kappa shape index (κ3) is 3.39. The summed E-state index contributed by atoms with van der Waals surface area (Å²) < 4.78 is 11.9. The molecular formula is C19H22N4O3. The van der Waals surface area contributed by atoms with E-state index in [2.05, 4.69) is 15.0 Å².